The Hall–Kier alpha value is -1.17. The Bertz CT molecular complexity index is 375. The van der Waals surface area contributed by atoms with Gasteiger partial charge in [-0.1, -0.05) is 31.1 Å². The van der Waals surface area contributed by atoms with Crippen molar-refractivity contribution in [3.63, 3.8) is 0 Å². The van der Waals surface area contributed by atoms with Gasteiger partial charge in [-0.25, -0.2) is 0 Å². The fourth-order valence-corrected chi connectivity index (χ4v) is 2.17. The summed E-state index contributed by atoms with van der Waals surface area (Å²) >= 11 is 1.13. The summed E-state index contributed by atoms with van der Waals surface area (Å²) in [4.78, 5) is 11.8. The van der Waals surface area contributed by atoms with Crippen LogP contribution >= 0.6 is 11.3 Å². The number of aromatic nitrogens is 2. The zero-order chi connectivity index (χ0) is 11.5. The van der Waals surface area contributed by atoms with Gasteiger partial charge >= 0.3 is 0 Å². The van der Waals surface area contributed by atoms with Gasteiger partial charge in [-0.05, 0) is 18.8 Å². The van der Waals surface area contributed by atoms with E-state index in [4.69, 9.17) is 5.73 Å². The van der Waals surface area contributed by atoms with Gasteiger partial charge in [-0.15, -0.1) is 10.2 Å². The maximum Gasteiger partial charge on any atom is 0.282 e. The number of hydrogen-bond acceptors (Lipinski definition) is 5. The predicted octanol–water partition coefficient (Wildman–Crippen LogP) is 1.43. The van der Waals surface area contributed by atoms with Crippen molar-refractivity contribution in [1.29, 1.82) is 0 Å². The lowest BCUT2D eigenvalue weighted by molar-refractivity contribution is 0.0931. The van der Waals surface area contributed by atoms with E-state index in [0.717, 1.165) is 30.1 Å². The third-order valence-electron chi connectivity index (χ3n) is 2.78. The molecule has 0 aliphatic heterocycles. The molecular weight excluding hydrogens is 224 g/mol. The molecule has 0 spiro atoms. The molecule has 0 aromatic carbocycles. The number of nitrogens with one attached hydrogen (secondary N) is 1. The molecule has 1 aliphatic rings. The van der Waals surface area contributed by atoms with E-state index in [9.17, 15) is 4.79 Å². The molecule has 1 aromatic heterocycles. The molecule has 1 fully saturated rings. The number of rotatable bonds is 5. The summed E-state index contributed by atoms with van der Waals surface area (Å²) in [6, 6.07) is 0.255. The van der Waals surface area contributed by atoms with Crippen molar-refractivity contribution < 1.29 is 4.79 Å². The highest BCUT2D eigenvalue weighted by molar-refractivity contribution is 7.16. The predicted molar refractivity (Wildman–Crippen MR) is 63.2 cm³/mol. The molecule has 0 saturated heterocycles. The van der Waals surface area contributed by atoms with E-state index in [1.807, 2.05) is 0 Å². The highest BCUT2D eigenvalue weighted by atomic mass is 32.1. The van der Waals surface area contributed by atoms with Crippen LogP contribution in [0.5, 0.6) is 0 Å². The number of carbonyl (C=O) groups is 1. The minimum atomic E-state index is -0.151. The molecule has 3 N–H and O–H groups in total. The monoisotopic (exact) mass is 240 g/mol. The molecule has 2 rings (SSSR count). The van der Waals surface area contributed by atoms with Gasteiger partial charge in [0.25, 0.3) is 5.91 Å². The minimum Gasteiger partial charge on any atom is -0.374 e. The van der Waals surface area contributed by atoms with Crippen LogP contribution in [0.15, 0.2) is 0 Å². The first-order valence-electron chi connectivity index (χ1n) is 5.59. The molecule has 1 atom stereocenters. The maximum absolute atomic E-state index is 11.8. The largest absolute Gasteiger partial charge is 0.374 e. The quantitative estimate of drug-likeness (QED) is 0.815. The van der Waals surface area contributed by atoms with Gasteiger partial charge in [0.1, 0.15) is 0 Å². The van der Waals surface area contributed by atoms with Gasteiger partial charge in [0, 0.05) is 6.04 Å². The zero-order valence-electron chi connectivity index (χ0n) is 9.27. The van der Waals surface area contributed by atoms with Crippen LogP contribution in [0, 0.1) is 5.92 Å². The Balaban J connectivity index is 1.89. The molecule has 1 unspecified atom stereocenters. The molecule has 16 heavy (non-hydrogen) atoms. The van der Waals surface area contributed by atoms with Crippen molar-refractivity contribution in [3.8, 4) is 0 Å². The molecule has 0 radical (unpaired) electrons. The highest BCUT2D eigenvalue weighted by Crippen LogP contribution is 2.34. The fraction of sp³-hybridized carbons (Fsp3) is 0.700. The molecule has 1 aliphatic carbocycles. The summed E-state index contributed by atoms with van der Waals surface area (Å²) in [6.45, 7) is 2.09. The van der Waals surface area contributed by atoms with Crippen molar-refractivity contribution in [2.75, 3.05) is 5.73 Å². The van der Waals surface area contributed by atoms with Crippen molar-refractivity contribution in [1.82, 2.24) is 15.5 Å². The van der Waals surface area contributed by atoms with Crippen LogP contribution in [0.1, 0.15) is 42.4 Å². The number of carbonyl (C=O) groups excluding carboxylic acids is 1. The smallest absolute Gasteiger partial charge is 0.282 e. The third-order valence-corrected chi connectivity index (χ3v) is 3.53. The van der Waals surface area contributed by atoms with Gasteiger partial charge in [-0.2, -0.15) is 0 Å². The average Bonchev–Trinajstić information content (AvgIpc) is 2.97. The number of nitrogens with two attached hydrogens (primary N) is 1. The van der Waals surface area contributed by atoms with Crippen LogP contribution in [0.4, 0.5) is 5.13 Å². The Labute approximate surface area is 98.4 Å². The highest BCUT2D eigenvalue weighted by Gasteiger charge is 2.26. The number of anilines is 1. The SMILES string of the molecule is CCC(CC1CC1)NC(=O)c1nnc(N)s1. The van der Waals surface area contributed by atoms with E-state index < -0.39 is 0 Å². The maximum atomic E-state index is 11.8. The van der Waals surface area contributed by atoms with Crippen LogP contribution in [0.3, 0.4) is 0 Å². The van der Waals surface area contributed by atoms with E-state index in [-0.39, 0.29) is 11.9 Å². The van der Waals surface area contributed by atoms with Crippen molar-refractivity contribution in [2.24, 2.45) is 5.92 Å². The summed E-state index contributed by atoms with van der Waals surface area (Å²) in [5.41, 5.74) is 5.44. The van der Waals surface area contributed by atoms with Gasteiger partial charge in [0.05, 0.1) is 0 Å². The minimum absolute atomic E-state index is 0.151. The molecule has 1 amide bonds. The van der Waals surface area contributed by atoms with E-state index >= 15 is 0 Å². The number of amides is 1. The molecule has 88 valence electrons. The second-order valence-electron chi connectivity index (χ2n) is 4.20. The van der Waals surface area contributed by atoms with Crippen LogP contribution < -0.4 is 11.1 Å². The lowest BCUT2D eigenvalue weighted by Crippen LogP contribution is -2.34. The van der Waals surface area contributed by atoms with Crippen molar-refractivity contribution in [2.45, 2.75) is 38.6 Å². The molecule has 1 heterocycles. The van der Waals surface area contributed by atoms with Crippen molar-refractivity contribution >= 4 is 22.4 Å². The molecule has 6 heteroatoms. The van der Waals surface area contributed by atoms with E-state index in [1.54, 1.807) is 0 Å². The molecular formula is C10H16N4OS. The number of hydrogen-bond donors (Lipinski definition) is 2. The van der Waals surface area contributed by atoms with Crippen LogP contribution in [-0.2, 0) is 0 Å². The Morgan fingerprint density at radius 3 is 2.88 bits per heavy atom. The topological polar surface area (TPSA) is 80.9 Å². The van der Waals surface area contributed by atoms with Crippen LogP contribution in [0.25, 0.3) is 0 Å². The third kappa shape index (κ3) is 2.91. The van der Waals surface area contributed by atoms with E-state index in [1.165, 1.54) is 12.8 Å². The molecule has 5 nitrogen and oxygen atoms in total. The first-order valence-corrected chi connectivity index (χ1v) is 6.40. The second-order valence-corrected chi connectivity index (χ2v) is 5.21. The van der Waals surface area contributed by atoms with Crippen LogP contribution in [0.2, 0.25) is 0 Å². The Kier molecular flexibility index (Phi) is 3.38. The zero-order valence-corrected chi connectivity index (χ0v) is 10.1. The first kappa shape index (κ1) is 11.3. The normalized spacial score (nSPS) is 17.1. The van der Waals surface area contributed by atoms with E-state index in [2.05, 4.69) is 22.4 Å². The standard InChI is InChI=1S/C10H16N4OS/c1-2-7(5-6-3-4-6)12-8(15)9-13-14-10(11)16-9/h6-7H,2-5H2,1H3,(H2,11,14)(H,12,15). The van der Waals surface area contributed by atoms with E-state index in [0.29, 0.717) is 10.1 Å². The summed E-state index contributed by atoms with van der Waals surface area (Å²) in [5, 5.41) is 11.0. The lowest BCUT2D eigenvalue weighted by Gasteiger charge is -2.15. The van der Waals surface area contributed by atoms with Gasteiger partial charge in [0.2, 0.25) is 10.1 Å². The Morgan fingerprint density at radius 1 is 1.62 bits per heavy atom. The summed E-state index contributed by atoms with van der Waals surface area (Å²) in [6.07, 6.45) is 4.64. The fourth-order valence-electron chi connectivity index (χ4n) is 1.66. The number of nitrogens with zero attached hydrogens (tertiary/aromatic N) is 2. The van der Waals surface area contributed by atoms with Gasteiger partial charge in [-0.3, -0.25) is 4.79 Å². The summed E-state index contributed by atoms with van der Waals surface area (Å²) in [5.74, 6) is 0.659. The average molecular weight is 240 g/mol. The van der Waals surface area contributed by atoms with Crippen molar-refractivity contribution in [3.05, 3.63) is 5.01 Å². The lowest BCUT2D eigenvalue weighted by atomic mass is 10.1. The second kappa shape index (κ2) is 4.78. The number of nitrogen functional groups attached to an aromatic ring is 1. The molecule has 1 aromatic rings. The Morgan fingerprint density at radius 2 is 2.38 bits per heavy atom. The summed E-state index contributed by atoms with van der Waals surface area (Å²) in [7, 11) is 0. The van der Waals surface area contributed by atoms with Crippen LogP contribution in [-0.4, -0.2) is 22.1 Å². The first-order chi connectivity index (χ1) is 7.69. The molecule has 0 bridgehead atoms. The van der Waals surface area contributed by atoms with Gasteiger partial charge < -0.3 is 11.1 Å². The summed E-state index contributed by atoms with van der Waals surface area (Å²) < 4.78 is 0. The van der Waals surface area contributed by atoms with Gasteiger partial charge in [0.15, 0.2) is 0 Å². The molecule has 1 saturated carbocycles.